The molecule has 1 aliphatic heterocycles. The van der Waals surface area contributed by atoms with Crippen molar-refractivity contribution in [3.8, 4) is 5.75 Å². The Bertz CT molecular complexity index is 727. The highest BCUT2D eigenvalue weighted by atomic mass is 79.9. The second-order valence-electron chi connectivity index (χ2n) is 4.40. The molecule has 1 atom stereocenters. The first kappa shape index (κ1) is 14.1. The Morgan fingerprint density at radius 1 is 1.30 bits per heavy atom. The van der Waals surface area contributed by atoms with Crippen LogP contribution >= 0.6 is 27.3 Å². The van der Waals surface area contributed by atoms with E-state index in [4.69, 9.17) is 4.74 Å². The van der Waals surface area contributed by atoms with Gasteiger partial charge in [0.1, 0.15) is 9.96 Å². The molecular formula is C13H12BrNO3S2. The zero-order valence-electron chi connectivity index (χ0n) is 10.4. The van der Waals surface area contributed by atoms with Crippen molar-refractivity contribution >= 4 is 37.3 Å². The maximum absolute atomic E-state index is 12.4. The van der Waals surface area contributed by atoms with Crippen LogP contribution in [0.5, 0.6) is 5.75 Å². The highest BCUT2D eigenvalue weighted by Gasteiger charge is 2.28. The molecule has 0 fully saturated rings. The van der Waals surface area contributed by atoms with E-state index in [1.54, 1.807) is 11.4 Å². The van der Waals surface area contributed by atoms with Gasteiger partial charge < -0.3 is 4.74 Å². The Morgan fingerprint density at radius 3 is 2.85 bits per heavy atom. The van der Waals surface area contributed by atoms with Gasteiger partial charge in [0.15, 0.2) is 0 Å². The van der Waals surface area contributed by atoms with Crippen molar-refractivity contribution in [1.82, 2.24) is 4.72 Å². The molecule has 1 aromatic carbocycles. The largest absolute Gasteiger partial charge is 0.493 e. The number of sulfonamides is 1. The molecule has 4 nitrogen and oxygen atoms in total. The van der Waals surface area contributed by atoms with Gasteiger partial charge in [-0.3, -0.25) is 0 Å². The molecule has 1 N–H and O–H groups in total. The molecule has 0 bridgehead atoms. The highest BCUT2D eigenvalue weighted by molar-refractivity contribution is 9.10. The fourth-order valence-electron chi connectivity index (χ4n) is 2.18. The predicted octanol–water partition coefficient (Wildman–Crippen LogP) is 3.31. The molecule has 20 heavy (non-hydrogen) atoms. The van der Waals surface area contributed by atoms with E-state index in [0.29, 0.717) is 21.7 Å². The van der Waals surface area contributed by atoms with Gasteiger partial charge in [-0.2, -0.15) is 0 Å². The maximum Gasteiger partial charge on any atom is 0.251 e. The number of nitrogens with one attached hydrogen (secondary N) is 1. The summed E-state index contributed by atoms with van der Waals surface area (Å²) in [4.78, 5) is 0. The van der Waals surface area contributed by atoms with Crippen LogP contribution in [0.1, 0.15) is 18.0 Å². The summed E-state index contributed by atoms with van der Waals surface area (Å²) >= 11 is 4.46. The molecule has 7 heteroatoms. The van der Waals surface area contributed by atoms with Gasteiger partial charge in [-0.15, -0.1) is 11.3 Å². The quantitative estimate of drug-likeness (QED) is 0.897. The summed E-state index contributed by atoms with van der Waals surface area (Å²) < 4.78 is 34.0. The topological polar surface area (TPSA) is 55.4 Å². The number of rotatable bonds is 3. The monoisotopic (exact) mass is 373 g/mol. The van der Waals surface area contributed by atoms with Crippen LogP contribution in [0.3, 0.4) is 0 Å². The van der Waals surface area contributed by atoms with Crippen molar-refractivity contribution in [2.45, 2.75) is 16.7 Å². The molecule has 0 saturated carbocycles. The Kier molecular flexibility index (Phi) is 3.85. The van der Waals surface area contributed by atoms with Crippen LogP contribution in [0.2, 0.25) is 0 Å². The average Bonchev–Trinajstić information content (AvgIpc) is 2.86. The van der Waals surface area contributed by atoms with Crippen molar-refractivity contribution in [3.63, 3.8) is 0 Å². The SMILES string of the molecule is O=S(=O)(NC1CCOc2ccccc21)c1sccc1Br. The second kappa shape index (κ2) is 5.48. The molecule has 2 heterocycles. The minimum Gasteiger partial charge on any atom is -0.493 e. The zero-order chi connectivity index (χ0) is 14.2. The third-order valence-electron chi connectivity index (χ3n) is 3.08. The van der Waals surface area contributed by atoms with E-state index in [1.165, 1.54) is 11.3 Å². The molecule has 106 valence electrons. The molecule has 0 saturated heterocycles. The first-order valence-corrected chi connectivity index (χ1v) is 9.20. The lowest BCUT2D eigenvalue weighted by Gasteiger charge is -2.26. The van der Waals surface area contributed by atoms with Crippen LogP contribution < -0.4 is 9.46 Å². The molecule has 0 radical (unpaired) electrons. The Morgan fingerprint density at radius 2 is 2.10 bits per heavy atom. The Balaban J connectivity index is 1.91. The Hall–Kier alpha value is -0.890. The number of hydrogen-bond acceptors (Lipinski definition) is 4. The van der Waals surface area contributed by atoms with Crippen LogP contribution in [-0.2, 0) is 10.0 Å². The average molecular weight is 374 g/mol. The third-order valence-corrected chi connectivity index (χ3v) is 7.23. The summed E-state index contributed by atoms with van der Waals surface area (Å²) in [5, 5.41) is 1.75. The van der Waals surface area contributed by atoms with Crippen LogP contribution in [0, 0.1) is 0 Å². The number of halogens is 1. The molecule has 1 unspecified atom stereocenters. The van der Waals surface area contributed by atoms with Crippen LogP contribution in [-0.4, -0.2) is 15.0 Å². The van der Waals surface area contributed by atoms with Crippen LogP contribution in [0.15, 0.2) is 44.4 Å². The number of para-hydroxylation sites is 1. The maximum atomic E-state index is 12.4. The van der Waals surface area contributed by atoms with E-state index in [2.05, 4.69) is 20.7 Å². The van der Waals surface area contributed by atoms with E-state index < -0.39 is 10.0 Å². The van der Waals surface area contributed by atoms with Gasteiger partial charge in [0.05, 0.1) is 12.6 Å². The number of hydrogen-bond donors (Lipinski definition) is 1. The van der Waals surface area contributed by atoms with Crippen molar-refractivity contribution in [1.29, 1.82) is 0 Å². The number of ether oxygens (including phenoxy) is 1. The molecule has 3 rings (SSSR count). The van der Waals surface area contributed by atoms with Crippen molar-refractivity contribution < 1.29 is 13.2 Å². The normalized spacial score (nSPS) is 18.4. The second-order valence-corrected chi connectivity index (χ2v) is 8.08. The number of thiophene rings is 1. The van der Waals surface area contributed by atoms with Gasteiger partial charge >= 0.3 is 0 Å². The molecule has 0 aliphatic carbocycles. The van der Waals surface area contributed by atoms with Gasteiger partial charge in [-0.1, -0.05) is 18.2 Å². The zero-order valence-corrected chi connectivity index (χ0v) is 13.6. The molecular weight excluding hydrogens is 362 g/mol. The van der Waals surface area contributed by atoms with Crippen molar-refractivity contribution in [2.75, 3.05) is 6.61 Å². The highest BCUT2D eigenvalue weighted by Crippen LogP contribution is 2.34. The first-order valence-electron chi connectivity index (χ1n) is 6.05. The summed E-state index contributed by atoms with van der Waals surface area (Å²) in [6, 6.07) is 9.00. The van der Waals surface area contributed by atoms with Crippen molar-refractivity contribution in [3.05, 3.63) is 45.7 Å². The lowest BCUT2D eigenvalue weighted by molar-refractivity contribution is 0.263. The molecule has 0 amide bonds. The molecule has 0 spiro atoms. The third kappa shape index (κ3) is 2.63. The van der Waals surface area contributed by atoms with E-state index in [-0.39, 0.29) is 6.04 Å². The van der Waals surface area contributed by atoms with E-state index >= 15 is 0 Å². The van der Waals surface area contributed by atoms with E-state index in [1.807, 2.05) is 24.3 Å². The fourth-order valence-corrected chi connectivity index (χ4v) is 5.78. The summed E-state index contributed by atoms with van der Waals surface area (Å²) in [5.74, 6) is 0.747. The van der Waals surface area contributed by atoms with Gasteiger partial charge in [0.25, 0.3) is 10.0 Å². The lowest BCUT2D eigenvalue weighted by atomic mass is 10.0. The van der Waals surface area contributed by atoms with E-state index in [0.717, 1.165) is 11.3 Å². The number of benzene rings is 1. The number of fused-ring (bicyclic) bond motifs is 1. The summed E-state index contributed by atoms with van der Waals surface area (Å²) in [7, 11) is -3.52. The smallest absolute Gasteiger partial charge is 0.251 e. The fraction of sp³-hybridized carbons (Fsp3) is 0.231. The van der Waals surface area contributed by atoms with Crippen molar-refractivity contribution in [2.24, 2.45) is 0 Å². The van der Waals surface area contributed by atoms with Gasteiger partial charge in [-0.05, 0) is 33.4 Å². The van der Waals surface area contributed by atoms with Gasteiger partial charge in [-0.25, -0.2) is 13.1 Å². The summed E-state index contributed by atoms with van der Waals surface area (Å²) in [5.41, 5.74) is 0.884. The van der Waals surface area contributed by atoms with Crippen LogP contribution in [0.25, 0.3) is 0 Å². The standard InChI is InChI=1S/C13H12BrNO3S2/c14-10-6-8-19-13(10)20(16,17)15-11-5-7-18-12-4-2-1-3-9(11)12/h1-4,6,8,11,15H,5,7H2. The predicted molar refractivity (Wildman–Crippen MR) is 81.6 cm³/mol. The molecule has 1 aliphatic rings. The van der Waals surface area contributed by atoms with Gasteiger partial charge in [0.2, 0.25) is 0 Å². The minimum atomic E-state index is -3.52. The lowest BCUT2D eigenvalue weighted by Crippen LogP contribution is -2.31. The van der Waals surface area contributed by atoms with Crippen LogP contribution in [0.4, 0.5) is 0 Å². The van der Waals surface area contributed by atoms with E-state index in [9.17, 15) is 8.42 Å². The molecule has 2 aromatic rings. The minimum absolute atomic E-state index is 0.251. The summed E-state index contributed by atoms with van der Waals surface area (Å²) in [6.07, 6.45) is 0.624. The summed E-state index contributed by atoms with van der Waals surface area (Å²) in [6.45, 7) is 0.510. The first-order chi connectivity index (χ1) is 9.58. The van der Waals surface area contributed by atoms with Gasteiger partial charge in [0, 0.05) is 16.5 Å². The molecule has 1 aromatic heterocycles. The Labute approximate surface area is 130 Å².